The van der Waals surface area contributed by atoms with E-state index in [1.54, 1.807) is 11.3 Å². The summed E-state index contributed by atoms with van der Waals surface area (Å²) in [7, 11) is 0. The van der Waals surface area contributed by atoms with Gasteiger partial charge in [-0.1, -0.05) is 63.7 Å². The van der Waals surface area contributed by atoms with E-state index in [4.69, 9.17) is 0 Å². The van der Waals surface area contributed by atoms with Gasteiger partial charge in [-0.3, -0.25) is 0 Å². The lowest BCUT2D eigenvalue weighted by molar-refractivity contribution is 0.563. The Hall–Kier alpha value is -0.480. The van der Waals surface area contributed by atoms with Crippen LogP contribution in [0.3, 0.4) is 0 Å². The summed E-state index contributed by atoms with van der Waals surface area (Å²) in [5.41, 5.74) is 0. The molecule has 1 aromatic heterocycles. The molecule has 1 atom stereocenters. The van der Waals surface area contributed by atoms with E-state index in [2.05, 4.69) is 36.3 Å². The number of unbranched alkanes of at least 4 members (excludes halogenated alkanes) is 6. The van der Waals surface area contributed by atoms with Crippen LogP contribution < -0.4 is 5.32 Å². The fraction of sp³-hybridized carbons (Fsp3) is 0.875. The summed E-state index contributed by atoms with van der Waals surface area (Å²) in [6.07, 6.45) is 11.8. The Bertz CT molecular complexity index is 338. The van der Waals surface area contributed by atoms with Crippen molar-refractivity contribution in [1.82, 2.24) is 15.5 Å². The Kier molecular flexibility index (Phi) is 9.85. The van der Waals surface area contributed by atoms with Gasteiger partial charge in [-0.15, -0.1) is 10.2 Å². The summed E-state index contributed by atoms with van der Waals surface area (Å²) < 4.78 is 0. The van der Waals surface area contributed by atoms with Gasteiger partial charge in [-0.2, -0.15) is 0 Å². The van der Waals surface area contributed by atoms with Crippen molar-refractivity contribution in [3.63, 3.8) is 0 Å². The fourth-order valence-corrected chi connectivity index (χ4v) is 3.14. The van der Waals surface area contributed by atoms with Crippen molar-refractivity contribution in [2.24, 2.45) is 0 Å². The van der Waals surface area contributed by atoms with Crippen molar-refractivity contribution in [2.75, 3.05) is 6.54 Å². The molecule has 0 aliphatic heterocycles. The van der Waals surface area contributed by atoms with Crippen LogP contribution in [0.25, 0.3) is 0 Å². The number of nitrogens with zero attached hydrogens (tertiary/aromatic N) is 2. The molecular weight excluding hydrogens is 266 g/mol. The van der Waals surface area contributed by atoms with Crippen LogP contribution in [0.4, 0.5) is 0 Å². The normalized spacial score (nSPS) is 12.8. The lowest BCUT2D eigenvalue weighted by Crippen LogP contribution is -2.18. The summed E-state index contributed by atoms with van der Waals surface area (Å²) in [6.45, 7) is 7.68. The van der Waals surface area contributed by atoms with E-state index < -0.39 is 0 Å². The van der Waals surface area contributed by atoms with Crippen molar-refractivity contribution in [3.8, 4) is 0 Å². The van der Waals surface area contributed by atoms with Crippen LogP contribution in [-0.4, -0.2) is 16.7 Å². The molecule has 0 spiro atoms. The maximum atomic E-state index is 4.32. The summed E-state index contributed by atoms with van der Waals surface area (Å²) in [5, 5.41) is 14.4. The first-order chi connectivity index (χ1) is 9.77. The zero-order chi connectivity index (χ0) is 14.6. The first kappa shape index (κ1) is 17.6. The van der Waals surface area contributed by atoms with Gasteiger partial charge < -0.3 is 5.32 Å². The average Bonchev–Trinajstić information content (AvgIpc) is 2.92. The highest BCUT2D eigenvalue weighted by molar-refractivity contribution is 7.11. The second-order valence-corrected chi connectivity index (χ2v) is 6.67. The molecule has 0 radical (unpaired) electrons. The molecule has 0 saturated carbocycles. The molecule has 0 fully saturated rings. The van der Waals surface area contributed by atoms with Crippen LogP contribution in [-0.2, 0) is 6.42 Å². The van der Waals surface area contributed by atoms with E-state index in [0.29, 0.717) is 6.04 Å². The number of hydrogen-bond acceptors (Lipinski definition) is 4. The van der Waals surface area contributed by atoms with Gasteiger partial charge in [0.15, 0.2) is 0 Å². The van der Waals surface area contributed by atoms with Crippen LogP contribution in [0.5, 0.6) is 0 Å². The molecule has 1 rings (SSSR count). The van der Waals surface area contributed by atoms with Gasteiger partial charge >= 0.3 is 0 Å². The summed E-state index contributed by atoms with van der Waals surface area (Å²) in [4.78, 5) is 0. The molecule has 20 heavy (non-hydrogen) atoms. The monoisotopic (exact) mass is 297 g/mol. The van der Waals surface area contributed by atoms with Crippen LogP contribution in [0.15, 0.2) is 0 Å². The Morgan fingerprint density at radius 3 is 2.35 bits per heavy atom. The number of nitrogens with one attached hydrogen (secondary N) is 1. The Labute approximate surface area is 128 Å². The van der Waals surface area contributed by atoms with E-state index >= 15 is 0 Å². The summed E-state index contributed by atoms with van der Waals surface area (Å²) in [5.74, 6) is 0. The van der Waals surface area contributed by atoms with E-state index in [-0.39, 0.29) is 0 Å². The smallest absolute Gasteiger partial charge is 0.134 e. The Morgan fingerprint density at radius 1 is 0.950 bits per heavy atom. The minimum atomic E-state index is 0.343. The molecule has 0 aromatic carbocycles. The molecule has 0 amide bonds. The minimum Gasteiger partial charge on any atom is -0.308 e. The van der Waals surface area contributed by atoms with Gasteiger partial charge in [0.2, 0.25) is 0 Å². The Morgan fingerprint density at radius 2 is 1.65 bits per heavy atom. The lowest BCUT2D eigenvalue weighted by atomic mass is 10.1. The van der Waals surface area contributed by atoms with Crippen molar-refractivity contribution < 1.29 is 0 Å². The Balaban J connectivity index is 2.13. The highest BCUT2D eigenvalue weighted by Crippen LogP contribution is 2.19. The molecule has 1 N–H and O–H groups in total. The van der Waals surface area contributed by atoms with Crippen LogP contribution in [0, 0.1) is 0 Å². The fourth-order valence-electron chi connectivity index (χ4n) is 2.22. The standard InChI is InChI=1S/C16H31N3S/c1-4-6-7-8-9-10-11-12-15-18-19-16(20-15)14(3)17-13-5-2/h14,17H,4-13H2,1-3H3. The van der Waals surface area contributed by atoms with Gasteiger partial charge in [-0.05, 0) is 26.3 Å². The topological polar surface area (TPSA) is 37.8 Å². The number of aromatic nitrogens is 2. The molecule has 0 aliphatic rings. The van der Waals surface area contributed by atoms with Gasteiger partial charge in [0.1, 0.15) is 10.0 Å². The van der Waals surface area contributed by atoms with Crippen LogP contribution >= 0.6 is 11.3 Å². The molecule has 0 saturated heterocycles. The molecular formula is C16H31N3S. The molecule has 0 aliphatic carbocycles. The van der Waals surface area contributed by atoms with Crippen LogP contribution in [0.2, 0.25) is 0 Å². The SMILES string of the molecule is CCCCCCCCCc1nnc(C(C)NCCC)s1. The molecule has 116 valence electrons. The van der Waals surface area contributed by atoms with E-state index in [9.17, 15) is 0 Å². The third-order valence-electron chi connectivity index (χ3n) is 3.55. The number of aryl methyl sites for hydroxylation is 1. The molecule has 3 nitrogen and oxygen atoms in total. The molecule has 1 unspecified atom stereocenters. The number of hydrogen-bond donors (Lipinski definition) is 1. The summed E-state index contributed by atoms with van der Waals surface area (Å²) in [6, 6.07) is 0.343. The highest BCUT2D eigenvalue weighted by Gasteiger charge is 2.10. The van der Waals surface area contributed by atoms with Crippen molar-refractivity contribution in [2.45, 2.75) is 84.6 Å². The molecule has 1 heterocycles. The van der Waals surface area contributed by atoms with E-state index in [1.807, 2.05) is 0 Å². The second-order valence-electron chi connectivity index (χ2n) is 5.58. The quantitative estimate of drug-likeness (QED) is 0.558. The third kappa shape index (κ3) is 7.34. The first-order valence-electron chi connectivity index (χ1n) is 8.33. The average molecular weight is 298 g/mol. The minimum absolute atomic E-state index is 0.343. The first-order valence-corrected chi connectivity index (χ1v) is 9.15. The lowest BCUT2D eigenvalue weighted by Gasteiger charge is -2.08. The highest BCUT2D eigenvalue weighted by atomic mass is 32.1. The zero-order valence-electron chi connectivity index (χ0n) is 13.5. The van der Waals surface area contributed by atoms with E-state index in [0.717, 1.165) is 24.4 Å². The maximum Gasteiger partial charge on any atom is 0.134 e. The largest absolute Gasteiger partial charge is 0.308 e. The predicted molar refractivity (Wildman–Crippen MR) is 88.3 cm³/mol. The van der Waals surface area contributed by atoms with E-state index in [1.165, 1.54) is 50.0 Å². The van der Waals surface area contributed by atoms with Gasteiger partial charge in [0.05, 0.1) is 6.04 Å². The summed E-state index contributed by atoms with van der Waals surface area (Å²) >= 11 is 1.78. The third-order valence-corrected chi connectivity index (χ3v) is 4.71. The predicted octanol–water partition coefficient (Wildman–Crippen LogP) is 4.89. The zero-order valence-corrected chi connectivity index (χ0v) is 14.3. The molecule has 1 aromatic rings. The maximum absolute atomic E-state index is 4.32. The van der Waals surface area contributed by atoms with Gasteiger partial charge in [0.25, 0.3) is 0 Å². The van der Waals surface area contributed by atoms with Crippen molar-refractivity contribution in [1.29, 1.82) is 0 Å². The number of rotatable bonds is 12. The van der Waals surface area contributed by atoms with Crippen molar-refractivity contribution in [3.05, 3.63) is 10.0 Å². The van der Waals surface area contributed by atoms with Crippen LogP contribution in [0.1, 0.15) is 88.2 Å². The molecule has 0 bridgehead atoms. The molecule has 4 heteroatoms. The second kappa shape index (κ2) is 11.2. The van der Waals surface area contributed by atoms with Gasteiger partial charge in [-0.25, -0.2) is 0 Å². The van der Waals surface area contributed by atoms with Gasteiger partial charge in [0, 0.05) is 6.42 Å². The van der Waals surface area contributed by atoms with Crippen molar-refractivity contribution >= 4 is 11.3 Å².